The van der Waals surface area contributed by atoms with Gasteiger partial charge in [-0.05, 0) is 42.3 Å². The zero-order valence-electron chi connectivity index (χ0n) is 13.0. The first-order chi connectivity index (χ1) is 11.1. The number of rotatable bonds is 3. The van der Waals surface area contributed by atoms with Crippen LogP contribution in [0.25, 0.3) is 11.0 Å². The van der Waals surface area contributed by atoms with Crippen LogP contribution in [-0.4, -0.2) is 13.8 Å². The van der Waals surface area contributed by atoms with Crippen molar-refractivity contribution < 1.29 is 13.9 Å². The Labute approximate surface area is 134 Å². The van der Waals surface area contributed by atoms with Crippen molar-refractivity contribution in [2.45, 2.75) is 13.3 Å². The summed E-state index contributed by atoms with van der Waals surface area (Å²) in [6, 6.07) is 14.1. The molecule has 2 aromatic carbocycles. The van der Waals surface area contributed by atoms with E-state index in [1.807, 2.05) is 39.0 Å². The molecule has 4 nitrogen and oxygen atoms in total. The SMILES string of the molecule is Bc1ccc(OC(=O)c2cc3cc(CC)ccc3oc2=O)cc1. The molecule has 3 aromatic rings. The molecule has 114 valence electrons. The summed E-state index contributed by atoms with van der Waals surface area (Å²) in [5, 5.41) is 0.708. The van der Waals surface area contributed by atoms with E-state index in [-0.39, 0.29) is 5.56 Å². The molecule has 0 saturated heterocycles. The minimum Gasteiger partial charge on any atom is -0.423 e. The van der Waals surface area contributed by atoms with Crippen LogP contribution >= 0.6 is 0 Å². The second-order valence-corrected chi connectivity index (χ2v) is 5.38. The molecule has 0 aliphatic rings. The fourth-order valence-electron chi connectivity index (χ4n) is 2.30. The Kier molecular flexibility index (Phi) is 4.02. The Balaban J connectivity index is 1.97. The predicted octanol–water partition coefficient (Wildman–Crippen LogP) is 1.83. The maximum Gasteiger partial charge on any atom is 0.351 e. The summed E-state index contributed by atoms with van der Waals surface area (Å²) in [5.74, 6) is -0.325. The number of fused-ring (bicyclic) bond motifs is 1. The maximum atomic E-state index is 12.2. The topological polar surface area (TPSA) is 56.5 Å². The molecule has 1 heterocycles. The second-order valence-electron chi connectivity index (χ2n) is 5.38. The number of hydrogen-bond donors (Lipinski definition) is 0. The van der Waals surface area contributed by atoms with E-state index in [0.717, 1.165) is 17.4 Å². The minimum absolute atomic E-state index is 0.105. The highest BCUT2D eigenvalue weighted by Gasteiger charge is 2.16. The number of carbonyl (C=O) groups is 1. The molecule has 1 aromatic heterocycles. The first-order valence-corrected chi connectivity index (χ1v) is 7.42. The van der Waals surface area contributed by atoms with Crippen molar-refractivity contribution in [3.05, 3.63) is 70.1 Å². The zero-order valence-corrected chi connectivity index (χ0v) is 13.0. The molecular weight excluding hydrogens is 291 g/mol. The van der Waals surface area contributed by atoms with Crippen LogP contribution in [0.4, 0.5) is 0 Å². The number of esters is 1. The summed E-state index contributed by atoms with van der Waals surface area (Å²) < 4.78 is 10.5. The number of hydrogen-bond acceptors (Lipinski definition) is 4. The lowest BCUT2D eigenvalue weighted by Crippen LogP contribution is -2.19. The number of aryl methyl sites for hydroxylation is 1. The van der Waals surface area contributed by atoms with E-state index in [2.05, 4.69) is 0 Å². The van der Waals surface area contributed by atoms with Crippen LogP contribution in [0.3, 0.4) is 0 Å². The van der Waals surface area contributed by atoms with Gasteiger partial charge in [0, 0.05) is 5.39 Å². The molecule has 0 aliphatic heterocycles. The van der Waals surface area contributed by atoms with Gasteiger partial charge < -0.3 is 9.15 Å². The first-order valence-electron chi connectivity index (χ1n) is 7.42. The highest BCUT2D eigenvalue weighted by atomic mass is 16.5. The predicted molar refractivity (Wildman–Crippen MR) is 91.4 cm³/mol. The van der Waals surface area contributed by atoms with Crippen molar-refractivity contribution in [3.63, 3.8) is 0 Å². The second kappa shape index (κ2) is 6.12. The van der Waals surface area contributed by atoms with Gasteiger partial charge in [0.2, 0.25) is 0 Å². The zero-order chi connectivity index (χ0) is 16.4. The highest BCUT2D eigenvalue weighted by Crippen LogP contribution is 2.17. The van der Waals surface area contributed by atoms with Crippen molar-refractivity contribution in [2.24, 2.45) is 0 Å². The standard InChI is InChI=1S/C18H15BO4/c1-2-11-3-8-16-12(9-11)10-15(18(21)23-16)17(20)22-14-6-4-13(19)5-7-14/h3-10H,2,19H2,1H3. The van der Waals surface area contributed by atoms with Gasteiger partial charge >= 0.3 is 11.6 Å². The molecule has 5 heteroatoms. The summed E-state index contributed by atoms with van der Waals surface area (Å²) in [7, 11) is 1.94. The summed E-state index contributed by atoms with van der Waals surface area (Å²) in [6.07, 6.45) is 0.859. The fraction of sp³-hybridized carbons (Fsp3) is 0.111. The van der Waals surface area contributed by atoms with Gasteiger partial charge in [0.05, 0.1) is 0 Å². The average molecular weight is 306 g/mol. The molecule has 23 heavy (non-hydrogen) atoms. The van der Waals surface area contributed by atoms with Gasteiger partial charge in [0.15, 0.2) is 0 Å². The lowest BCUT2D eigenvalue weighted by Gasteiger charge is -2.05. The van der Waals surface area contributed by atoms with Crippen molar-refractivity contribution in [3.8, 4) is 5.75 Å². The van der Waals surface area contributed by atoms with Gasteiger partial charge in [0.25, 0.3) is 0 Å². The van der Waals surface area contributed by atoms with Gasteiger partial charge in [0.1, 0.15) is 24.7 Å². The van der Waals surface area contributed by atoms with E-state index in [1.54, 1.807) is 18.2 Å². The van der Waals surface area contributed by atoms with Crippen LogP contribution in [0, 0.1) is 0 Å². The highest BCUT2D eigenvalue weighted by molar-refractivity contribution is 6.32. The third kappa shape index (κ3) is 3.18. The van der Waals surface area contributed by atoms with Crippen molar-refractivity contribution in [1.29, 1.82) is 0 Å². The number of carbonyl (C=O) groups excluding carboxylic acids is 1. The largest absolute Gasteiger partial charge is 0.423 e. The lowest BCUT2D eigenvalue weighted by molar-refractivity contribution is 0.0730. The molecule has 0 saturated carbocycles. The Bertz CT molecular complexity index is 926. The van der Waals surface area contributed by atoms with E-state index in [4.69, 9.17) is 9.15 Å². The fourth-order valence-corrected chi connectivity index (χ4v) is 2.30. The quantitative estimate of drug-likeness (QED) is 0.321. The Hall–Kier alpha value is -2.82. The van der Waals surface area contributed by atoms with E-state index in [1.165, 1.54) is 6.07 Å². The summed E-state index contributed by atoms with van der Waals surface area (Å²) in [6.45, 7) is 2.03. The van der Waals surface area contributed by atoms with E-state index in [9.17, 15) is 9.59 Å². The normalized spacial score (nSPS) is 10.7. The van der Waals surface area contributed by atoms with Gasteiger partial charge in [-0.2, -0.15) is 0 Å². The van der Waals surface area contributed by atoms with Crippen molar-refractivity contribution >= 4 is 30.2 Å². The molecule has 0 spiro atoms. The number of ether oxygens (including phenoxy) is 1. The van der Waals surface area contributed by atoms with Gasteiger partial charge in [-0.1, -0.05) is 30.6 Å². The van der Waals surface area contributed by atoms with Crippen LogP contribution in [0.15, 0.2) is 57.7 Å². The number of benzene rings is 2. The first kappa shape index (κ1) is 15.1. The summed E-state index contributed by atoms with van der Waals surface area (Å²) in [5.41, 5.74) is 1.82. The molecule has 0 atom stereocenters. The van der Waals surface area contributed by atoms with Crippen LogP contribution in [-0.2, 0) is 6.42 Å². The monoisotopic (exact) mass is 306 g/mol. The third-order valence-corrected chi connectivity index (χ3v) is 3.66. The van der Waals surface area contributed by atoms with Gasteiger partial charge in [-0.15, -0.1) is 0 Å². The molecule has 0 fully saturated rings. The lowest BCUT2D eigenvalue weighted by atomic mass is 9.97. The minimum atomic E-state index is -0.716. The molecule has 0 radical (unpaired) electrons. The van der Waals surface area contributed by atoms with Gasteiger partial charge in [-0.3, -0.25) is 0 Å². The average Bonchev–Trinajstić information content (AvgIpc) is 2.55. The van der Waals surface area contributed by atoms with Crippen LogP contribution in [0.2, 0.25) is 0 Å². The molecule has 0 aliphatic carbocycles. The summed E-state index contributed by atoms with van der Waals surface area (Å²) >= 11 is 0. The molecule has 3 rings (SSSR count). The molecule has 0 bridgehead atoms. The molecule has 0 N–H and O–H groups in total. The smallest absolute Gasteiger partial charge is 0.351 e. The molecule has 0 unspecified atom stereocenters. The van der Waals surface area contributed by atoms with Crippen LogP contribution in [0.1, 0.15) is 22.8 Å². The Morgan fingerprint density at radius 2 is 1.87 bits per heavy atom. The van der Waals surface area contributed by atoms with Gasteiger partial charge in [-0.25, -0.2) is 9.59 Å². The van der Waals surface area contributed by atoms with E-state index in [0.29, 0.717) is 16.7 Å². The van der Waals surface area contributed by atoms with Crippen LogP contribution in [0.5, 0.6) is 5.75 Å². The van der Waals surface area contributed by atoms with E-state index >= 15 is 0 Å². The Morgan fingerprint density at radius 3 is 2.57 bits per heavy atom. The summed E-state index contributed by atoms with van der Waals surface area (Å²) in [4.78, 5) is 24.2. The van der Waals surface area contributed by atoms with Crippen molar-refractivity contribution in [2.75, 3.05) is 0 Å². The maximum absolute atomic E-state index is 12.2. The Morgan fingerprint density at radius 1 is 1.13 bits per heavy atom. The van der Waals surface area contributed by atoms with Crippen molar-refractivity contribution in [1.82, 2.24) is 0 Å². The molecular formula is C18H15BO4. The van der Waals surface area contributed by atoms with E-state index < -0.39 is 11.6 Å². The molecule has 0 amide bonds. The van der Waals surface area contributed by atoms with Crippen LogP contribution < -0.4 is 15.8 Å². The third-order valence-electron chi connectivity index (χ3n) is 3.66.